The fourth-order valence-corrected chi connectivity index (χ4v) is 1.93. The molecule has 0 spiro atoms. The van der Waals surface area contributed by atoms with Gasteiger partial charge < -0.3 is 20.1 Å². The highest BCUT2D eigenvalue weighted by atomic mass is 16.5. The molecule has 0 saturated carbocycles. The van der Waals surface area contributed by atoms with Crippen molar-refractivity contribution in [3.63, 3.8) is 0 Å². The Morgan fingerprint density at radius 2 is 2.28 bits per heavy atom. The second-order valence-corrected chi connectivity index (χ2v) is 4.20. The van der Waals surface area contributed by atoms with Crippen LogP contribution < -0.4 is 10.5 Å². The Labute approximate surface area is 103 Å². The van der Waals surface area contributed by atoms with Crippen molar-refractivity contribution in [2.24, 2.45) is 5.73 Å². The molecule has 1 aliphatic rings. The molecule has 0 radical (unpaired) electrons. The van der Waals surface area contributed by atoms with Gasteiger partial charge in [0.2, 0.25) is 11.7 Å². The average molecular weight is 247 g/mol. The maximum Gasteiger partial charge on any atom is 0.246 e. The van der Waals surface area contributed by atoms with Crippen LogP contribution >= 0.6 is 0 Å². The number of nitrogens with zero attached hydrogens (tertiary/aromatic N) is 2. The minimum absolute atomic E-state index is 0.229. The fourth-order valence-electron chi connectivity index (χ4n) is 1.93. The van der Waals surface area contributed by atoms with E-state index in [-0.39, 0.29) is 18.6 Å². The van der Waals surface area contributed by atoms with Crippen LogP contribution in [0, 0.1) is 0 Å². The molecular weight excluding hydrogens is 234 g/mol. The normalized spacial score (nSPS) is 19.3. The molecule has 0 amide bonds. The summed E-state index contributed by atoms with van der Waals surface area (Å²) in [6.45, 7) is -0.229. The van der Waals surface area contributed by atoms with E-state index in [1.807, 2.05) is 24.3 Å². The van der Waals surface area contributed by atoms with Crippen molar-refractivity contribution < 1.29 is 14.4 Å². The lowest BCUT2D eigenvalue weighted by Gasteiger charge is -2.04. The molecule has 18 heavy (non-hydrogen) atoms. The Morgan fingerprint density at radius 3 is 3.06 bits per heavy atom. The zero-order chi connectivity index (χ0) is 12.5. The maximum atomic E-state index is 8.92. The topological polar surface area (TPSA) is 94.4 Å². The number of ether oxygens (including phenoxy) is 1. The van der Waals surface area contributed by atoms with E-state index < -0.39 is 6.04 Å². The number of nitrogens with two attached hydrogens (primary N) is 1. The third-order valence-electron chi connectivity index (χ3n) is 2.91. The summed E-state index contributed by atoms with van der Waals surface area (Å²) in [4.78, 5) is 4.16. The first-order valence-electron chi connectivity index (χ1n) is 5.72. The first-order chi connectivity index (χ1) is 8.78. The lowest BCUT2D eigenvalue weighted by atomic mass is 10.1. The molecule has 1 aromatic carbocycles. The van der Waals surface area contributed by atoms with E-state index >= 15 is 0 Å². The molecule has 1 aromatic heterocycles. The Morgan fingerprint density at radius 1 is 1.44 bits per heavy atom. The smallest absolute Gasteiger partial charge is 0.246 e. The summed E-state index contributed by atoms with van der Waals surface area (Å²) in [5.41, 5.74) is 6.73. The number of para-hydroxylation sites is 1. The number of hydrogen-bond acceptors (Lipinski definition) is 6. The Bertz CT molecular complexity index is 530. The second kappa shape index (κ2) is 4.40. The monoisotopic (exact) mass is 247 g/mol. The number of aromatic nitrogens is 2. The van der Waals surface area contributed by atoms with E-state index in [4.69, 9.17) is 20.1 Å². The van der Waals surface area contributed by atoms with Gasteiger partial charge in [-0.1, -0.05) is 23.4 Å². The molecule has 3 rings (SSSR count). The minimum atomic E-state index is -0.643. The second-order valence-electron chi connectivity index (χ2n) is 4.20. The van der Waals surface area contributed by atoms with Crippen LogP contribution in [0.2, 0.25) is 0 Å². The number of hydrogen-bond donors (Lipinski definition) is 2. The van der Waals surface area contributed by atoms with Crippen LogP contribution in [0.5, 0.6) is 5.75 Å². The molecule has 0 fully saturated rings. The van der Waals surface area contributed by atoms with E-state index in [1.165, 1.54) is 0 Å². The van der Waals surface area contributed by atoms with Gasteiger partial charge in [-0.05, 0) is 11.6 Å². The molecule has 2 atom stereocenters. The van der Waals surface area contributed by atoms with Gasteiger partial charge in [0.15, 0.2) is 6.10 Å². The van der Waals surface area contributed by atoms with Gasteiger partial charge in [0.05, 0.1) is 6.61 Å². The molecule has 3 N–H and O–H groups in total. The van der Waals surface area contributed by atoms with Gasteiger partial charge in [0, 0.05) is 6.42 Å². The first-order valence-corrected chi connectivity index (χ1v) is 5.72. The Kier molecular flexibility index (Phi) is 2.73. The van der Waals surface area contributed by atoms with Crippen molar-refractivity contribution in [1.29, 1.82) is 0 Å². The van der Waals surface area contributed by atoms with Crippen LogP contribution in [0.15, 0.2) is 28.8 Å². The summed E-state index contributed by atoms with van der Waals surface area (Å²) in [6, 6.07) is 7.17. The highest BCUT2D eigenvalue weighted by Gasteiger charge is 2.28. The molecule has 94 valence electrons. The summed E-state index contributed by atoms with van der Waals surface area (Å²) in [7, 11) is 0. The van der Waals surface area contributed by atoms with E-state index in [0.29, 0.717) is 12.2 Å². The van der Waals surface area contributed by atoms with E-state index in [0.717, 1.165) is 11.3 Å². The third kappa shape index (κ3) is 1.85. The first kappa shape index (κ1) is 11.2. The van der Waals surface area contributed by atoms with E-state index in [9.17, 15) is 0 Å². The van der Waals surface area contributed by atoms with Gasteiger partial charge in [-0.2, -0.15) is 4.98 Å². The predicted molar refractivity (Wildman–Crippen MR) is 61.8 cm³/mol. The quantitative estimate of drug-likeness (QED) is 0.830. The molecule has 2 aromatic rings. The molecular formula is C12H13N3O3. The molecule has 0 bridgehead atoms. The lowest BCUT2D eigenvalue weighted by Crippen LogP contribution is -2.15. The molecule has 2 unspecified atom stereocenters. The third-order valence-corrected chi connectivity index (χ3v) is 2.91. The largest absolute Gasteiger partial charge is 0.482 e. The molecule has 2 heterocycles. The van der Waals surface area contributed by atoms with Crippen LogP contribution in [0.1, 0.15) is 29.4 Å². The molecule has 0 saturated heterocycles. The van der Waals surface area contributed by atoms with Crippen molar-refractivity contribution in [1.82, 2.24) is 10.1 Å². The highest BCUT2D eigenvalue weighted by molar-refractivity contribution is 5.37. The Balaban J connectivity index is 1.80. The number of benzene rings is 1. The number of fused-ring (bicyclic) bond motifs is 1. The van der Waals surface area contributed by atoms with Gasteiger partial charge in [-0.15, -0.1) is 0 Å². The van der Waals surface area contributed by atoms with Crippen LogP contribution in [0.25, 0.3) is 0 Å². The van der Waals surface area contributed by atoms with Gasteiger partial charge in [0.25, 0.3) is 0 Å². The van der Waals surface area contributed by atoms with Crippen molar-refractivity contribution in [2.75, 3.05) is 6.61 Å². The van der Waals surface area contributed by atoms with Crippen LogP contribution in [0.3, 0.4) is 0 Å². The van der Waals surface area contributed by atoms with Crippen LogP contribution in [-0.2, 0) is 6.42 Å². The summed E-state index contributed by atoms with van der Waals surface area (Å²) in [5.74, 6) is 1.54. The molecule has 6 heteroatoms. The molecule has 1 aliphatic heterocycles. The van der Waals surface area contributed by atoms with Crippen molar-refractivity contribution in [3.8, 4) is 5.75 Å². The van der Waals surface area contributed by atoms with Crippen molar-refractivity contribution in [3.05, 3.63) is 41.5 Å². The average Bonchev–Trinajstić information content (AvgIpc) is 3.03. The number of rotatable bonds is 3. The zero-order valence-electron chi connectivity index (χ0n) is 9.61. The number of aliphatic hydroxyl groups is 1. The Hall–Kier alpha value is -1.92. The van der Waals surface area contributed by atoms with Crippen LogP contribution in [0.4, 0.5) is 0 Å². The minimum Gasteiger partial charge on any atom is -0.482 e. The molecule has 0 aliphatic carbocycles. The lowest BCUT2D eigenvalue weighted by molar-refractivity contribution is 0.218. The zero-order valence-corrected chi connectivity index (χ0v) is 9.61. The predicted octanol–water partition coefficient (Wildman–Crippen LogP) is 0.738. The summed E-state index contributed by atoms with van der Waals surface area (Å²) >= 11 is 0. The van der Waals surface area contributed by atoms with Crippen LogP contribution in [-0.4, -0.2) is 21.9 Å². The van der Waals surface area contributed by atoms with Gasteiger partial charge >= 0.3 is 0 Å². The van der Waals surface area contributed by atoms with Gasteiger partial charge in [0.1, 0.15) is 11.8 Å². The highest BCUT2D eigenvalue weighted by Crippen LogP contribution is 2.35. The molecule has 6 nitrogen and oxygen atoms in total. The van der Waals surface area contributed by atoms with Crippen molar-refractivity contribution >= 4 is 0 Å². The van der Waals surface area contributed by atoms with Gasteiger partial charge in [-0.25, -0.2) is 0 Å². The van der Waals surface area contributed by atoms with Crippen molar-refractivity contribution in [2.45, 2.75) is 18.6 Å². The summed E-state index contributed by atoms with van der Waals surface area (Å²) < 4.78 is 10.7. The number of aliphatic hydroxyl groups excluding tert-OH is 1. The standard InChI is InChI=1S/C12H13N3O3/c13-8(6-16)12-14-11(15-18-12)10-5-7-3-1-2-4-9(7)17-10/h1-4,8,10,16H,5-6,13H2. The summed E-state index contributed by atoms with van der Waals surface area (Å²) in [5, 5.41) is 12.8. The van der Waals surface area contributed by atoms with E-state index in [2.05, 4.69) is 10.1 Å². The fraction of sp³-hybridized carbons (Fsp3) is 0.333. The van der Waals surface area contributed by atoms with E-state index in [1.54, 1.807) is 0 Å². The summed E-state index contributed by atoms with van der Waals surface area (Å²) in [6.07, 6.45) is 0.467. The van der Waals surface area contributed by atoms with Gasteiger partial charge in [-0.3, -0.25) is 0 Å². The maximum absolute atomic E-state index is 8.92. The SMILES string of the molecule is NC(CO)c1nc(C2Cc3ccccc3O2)no1.